The molecule has 0 radical (unpaired) electrons. The Morgan fingerprint density at radius 1 is 1.23 bits per heavy atom. The van der Waals surface area contributed by atoms with E-state index in [0.29, 0.717) is 5.75 Å². The van der Waals surface area contributed by atoms with Gasteiger partial charge in [-0.05, 0) is 0 Å². The Hall–Kier alpha value is -2.77. The van der Waals surface area contributed by atoms with E-state index in [4.69, 9.17) is 14.6 Å². The van der Waals surface area contributed by atoms with E-state index in [1.807, 2.05) is 0 Å². The summed E-state index contributed by atoms with van der Waals surface area (Å²) < 4.78 is 10.1. The summed E-state index contributed by atoms with van der Waals surface area (Å²) in [5.41, 5.74) is -0.139. The second-order valence-corrected chi connectivity index (χ2v) is 4.77. The third-order valence-corrected chi connectivity index (χ3v) is 3.49. The Balaban J connectivity index is 2.56. The molecule has 0 saturated carbocycles. The molecule has 1 atom stereocenters. The first-order valence-electron chi connectivity index (χ1n) is 6.41. The summed E-state index contributed by atoms with van der Waals surface area (Å²) in [4.78, 5) is 35.7. The molecule has 1 unspecified atom stereocenters. The van der Waals surface area contributed by atoms with Crippen LogP contribution in [0.15, 0.2) is 12.1 Å². The largest absolute Gasteiger partial charge is 0.497 e. The van der Waals surface area contributed by atoms with Gasteiger partial charge in [0, 0.05) is 25.1 Å². The van der Waals surface area contributed by atoms with Crippen molar-refractivity contribution in [1.82, 2.24) is 0 Å². The first kappa shape index (κ1) is 15.6. The standard InChI is InChI=1S/C14H15NO7/c1-21-8-4-9(12(14(19)20)10(5-8)22-2)15-6-7(13(17)18)3-11(15)16/h4-5,7H,3,6H2,1-2H3,(H,17,18)(H,19,20). The number of carboxylic acid groups (broad SMARTS) is 2. The van der Waals surface area contributed by atoms with E-state index >= 15 is 0 Å². The molecular formula is C14H15NO7. The molecule has 1 aliphatic rings. The van der Waals surface area contributed by atoms with Crippen LogP contribution in [0.2, 0.25) is 0 Å². The molecule has 8 nitrogen and oxygen atoms in total. The van der Waals surface area contributed by atoms with Crippen molar-refractivity contribution in [3.8, 4) is 11.5 Å². The number of aliphatic carboxylic acids is 1. The number of carboxylic acids is 2. The molecule has 1 saturated heterocycles. The molecule has 0 spiro atoms. The van der Waals surface area contributed by atoms with E-state index in [2.05, 4.69) is 0 Å². The van der Waals surface area contributed by atoms with Gasteiger partial charge in [0.25, 0.3) is 0 Å². The molecule has 0 aliphatic carbocycles. The monoisotopic (exact) mass is 309 g/mol. The molecule has 22 heavy (non-hydrogen) atoms. The van der Waals surface area contributed by atoms with Crippen molar-refractivity contribution in [3.63, 3.8) is 0 Å². The van der Waals surface area contributed by atoms with Gasteiger partial charge in [0.05, 0.1) is 25.8 Å². The molecule has 1 aromatic carbocycles. The molecule has 2 rings (SSSR count). The number of hydrogen-bond acceptors (Lipinski definition) is 5. The zero-order valence-electron chi connectivity index (χ0n) is 12.0. The molecule has 2 N–H and O–H groups in total. The SMILES string of the molecule is COc1cc(OC)c(C(=O)O)c(N2CC(C(=O)O)CC2=O)c1. The van der Waals surface area contributed by atoms with E-state index in [1.54, 1.807) is 0 Å². The highest BCUT2D eigenvalue weighted by Crippen LogP contribution is 2.37. The lowest BCUT2D eigenvalue weighted by Crippen LogP contribution is -2.27. The van der Waals surface area contributed by atoms with E-state index in [-0.39, 0.29) is 30.0 Å². The van der Waals surface area contributed by atoms with Crippen molar-refractivity contribution in [2.45, 2.75) is 6.42 Å². The second kappa shape index (κ2) is 5.92. The van der Waals surface area contributed by atoms with Gasteiger partial charge in [-0.15, -0.1) is 0 Å². The predicted molar refractivity (Wildman–Crippen MR) is 74.6 cm³/mol. The number of benzene rings is 1. The number of methoxy groups -OCH3 is 2. The van der Waals surface area contributed by atoms with Crippen LogP contribution in [0.3, 0.4) is 0 Å². The van der Waals surface area contributed by atoms with Crippen LogP contribution in [-0.2, 0) is 9.59 Å². The number of nitrogens with zero attached hydrogens (tertiary/aromatic N) is 1. The maximum Gasteiger partial charge on any atom is 0.341 e. The number of aromatic carboxylic acids is 1. The Labute approximate surface area is 125 Å². The summed E-state index contributed by atoms with van der Waals surface area (Å²) in [5, 5.41) is 18.4. The van der Waals surface area contributed by atoms with Gasteiger partial charge in [-0.3, -0.25) is 9.59 Å². The van der Waals surface area contributed by atoms with Crippen molar-refractivity contribution in [2.75, 3.05) is 25.7 Å². The fourth-order valence-electron chi connectivity index (χ4n) is 2.39. The van der Waals surface area contributed by atoms with Crippen LogP contribution in [0.1, 0.15) is 16.8 Å². The molecule has 1 fully saturated rings. The summed E-state index contributed by atoms with van der Waals surface area (Å²) in [6, 6.07) is 2.77. The minimum Gasteiger partial charge on any atom is -0.497 e. The maximum atomic E-state index is 12.1. The van der Waals surface area contributed by atoms with Crippen LogP contribution in [0.4, 0.5) is 5.69 Å². The van der Waals surface area contributed by atoms with Gasteiger partial charge in [0.15, 0.2) is 0 Å². The minimum atomic E-state index is -1.28. The Morgan fingerprint density at radius 2 is 1.91 bits per heavy atom. The average Bonchev–Trinajstić information content (AvgIpc) is 2.87. The van der Waals surface area contributed by atoms with Crippen LogP contribution in [0.5, 0.6) is 11.5 Å². The second-order valence-electron chi connectivity index (χ2n) is 4.77. The van der Waals surface area contributed by atoms with Crippen LogP contribution in [0, 0.1) is 5.92 Å². The molecule has 0 aromatic heterocycles. The third-order valence-electron chi connectivity index (χ3n) is 3.49. The van der Waals surface area contributed by atoms with Crippen molar-refractivity contribution in [1.29, 1.82) is 0 Å². The Bertz CT molecular complexity index is 640. The highest BCUT2D eigenvalue weighted by atomic mass is 16.5. The van der Waals surface area contributed by atoms with Crippen LogP contribution in [-0.4, -0.2) is 48.8 Å². The topological polar surface area (TPSA) is 113 Å². The van der Waals surface area contributed by atoms with Crippen LogP contribution in [0.25, 0.3) is 0 Å². The lowest BCUT2D eigenvalue weighted by atomic mass is 10.1. The highest BCUT2D eigenvalue weighted by molar-refractivity contribution is 6.06. The van der Waals surface area contributed by atoms with Gasteiger partial charge >= 0.3 is 11.9 Å². The van der Waals surface area contributed by atoms with Gasteiger partial charge in [-0.1, -0.05) is 0 Å². The fourth-order valence-corrected chi connectivity index (χ4v) is 2.39. The fraction of sp³-hybridized carbons (Fsp3) is 0.357. The molecule has 1 heterocycles. The number of rotatable bonds is 5. The maximum absolute atomic E-state index is 12.1. The van der Waals surface area contributed by atoms with Gasteiger partial charge in [-0.25, -0.2) is 4.79 Å². The first-order chi connectivity index (χ1) is 10.4. The quantitative estimate of drug-likeness (QED) is 0.828. The van der Waals surface area contributed by atoms with E-state index < -0.39 is 23.8 Å². The normalized spacial score (nSPS) is 17.5. The third kappa shape index (κ3) is 2.67. The van der Waals surface area contributed by atoms with Gasteiger partial charge < -0.3 is 24.6 Å². The minimum absolute atomic E-state index is 0.0356. The summed E-state index contributed by atoms with van der Waals surface area (Å²) in [7, 11) is 2.70. The van der Waals surface area contributed by atoms with Gasteiger partial charge in [0.2, 0.25) is 5.91 Å². The number of carbonyl (C=O) groups is 3. The molecule has 1 amide bonds. The molecule has 1 aromatic rings. The zero-order chi connectivity index (χ0) is 16.4. The van der Waals surface area contributed by atoms with Crippen molar-refractivity contribution < 1.29 is 34.1 Å². The molecule has 1 aliphatic heterocycles. The predicted octanol–water partition coefficient (Wildman–Crippen LogP) is 0.839. The smallest absolute Gasteiger partial charge is 0.341 e. The number of hydrogen-bond donors (Lipinski definition) is 2. The van der Waals surface area contributed by atoms with Gasteiger partial charge in [-0.2, -0.15) is 0 Å². The summed E-state index contributed by atoms with van der Waals surface area (Å²) in [6.07, 6.45) is -0.173. The number of carbonyl (C=O) groups excluding carboxylic acids is 1. The number of anilines is 1. The van der Waals surface area contributed by atoms with E-state index in [0.717, 1.165) is 4.90 Å². The first-order valence-corrected chi connectivity index (χ1v) is 6.41. The lowest BCUT2D eigenvalue weighted by molar-refractivity contribution is -0.141. The van der Waals surface area contributed by atoms with Crippen molar-refractivity contribution >= 4 is 23.5 Å². The van der Waals surface area contributed by atoms with E-state index in [1.165, 1.54) is 26.4 Å². The Morgan fingerprint density at radius 3 is 2.36 bits per heavy atom. The number of ether oxygens (including phenoxy) is 2. The Kier molecular flexibility index (Phi) is 4.20. The van der Waals surface area contributed by atoms with Crippen LogP contribution >= 0.6 is 0 Å². The van der Waals surface area contributed by atoms with E-state index in [9.17, 15) is 19.5 Å². The van der Waals surface area contributed by atoms with Crippen molar-refractivity contribution in [3.05, 3.63) is 17.7 Å². The van der Waals surface area contributed by atoms with Crippen molar-refractivity contribution in [2.24, 2.45) is 5.92 Å². The summed E-state index contributed by atoms with van der Waals surface area (Å²) in [5.74, 6) is -3.35. The zero-order valence-corrected chi connectivity index (χ0v) is 12.0. The molecule has 118 valence electrons. The van der Waals surface area contributed by atoms with Gasteiger partial charge in [0.1, 0.15) is 17.1 Å². The number of amides is 1. The lowest BCUT2D eigenvalue weighted by Gasteiger charge is -2.21. The molecule has 0 bridgehead atoms. The molecular weight excluding hydrogens is 294 g/mol. The molecule has 8 heteroatoms. The summed E-state index contributed by atoms with van der Waals surface area (Å²) in [6.45, 7) is -0.0925. The van der Waals surface area contributed by atoms with Crippen LogP contribution < -0.4 is 14.4 Å². The summed E-state index contributed by atoms with van der Waals surface area (Å²) >= 11 is 0. The highest BCUT2D eigenvalue weighted by Gasteiger charge is 2.37. The average molecular weight is 309 g/mol.